The van der Waals surface area contributed by atoms with Crippen LogP contribution in [0.4, 0.5) is 0 Å². The zero-order valence-electron chi connectivity index (χ0n) is 14.6. The van der Waals surface area contributed by atoms with E-state index in [0.717, 1.165) is 68.8 Å². The standard InChI is InChI=1S/C19H26N2O2S.ClH/c22-18(21-11-14-2-1-3-15(14)12-21)16-10-13-4-9-23-19(17(13)24-16)5-7-20-8-6-19;/h10,14-15,20H,1-9,11-12H2;1H/t14-,15+;. The third-order valence-corrected chi connectivity index (χ3v) is 7.96. The number of piperidine rings is 1. The van der Waals surface area contributed by atoms with Gasteiger partial charge in [-0.3, -0.25) is 4.79 Å². The molecule has 0 radical (unpaired) electrons. The maximum atomic E-state index is 13.1. The van der Waals surface area contributed by atoms with Crippen molar-refractivity contribution in [3.63, 3.8) is 0 Å². The molecule has 0 unspecified atom stereocenters. The van der Waals surface area contributed by atoms with Gasteiger partial charge in [-0.05, 0) is 68.7 Å². The average Bonchev–Trinajstić information content (AvgIpc) is 3.29. The Balaban J connectivity index is 0.00000157. The Morgan fingerprint density at radius 1 is 1.24 bits per heavy atom. The molecule has 4 nitrogen and oxygen atoms in total. The van der Waals surface area contributed by atoms with Crippen LogP contribution in [0.2, 0.25) is 0 Å². The molecule has 2 saturated heterocycles. The molecule has 1 aromatic heterocycles. The van der Waals surface area contributed by atoms with E-state index in [1.807, 2.05) is 0 Å². The first-order valence-electron chi connectivity index (χ1n) is 9.52. The van der Waals surface area contributed by atoms with Crippen LogP contribution in [0.25, 0.3) is 0 Å². The second-order valence-corrected chi connectivity index (χ2v) is 9.02. The Kier molecular flexibility index (Phi) is 4.86. The van der Waals surface area contributed by atoms with E-state index in [0.29, 0.717) is 0 Å². The number of halogens is 1. The summed E-state index contributed by atoms with van der Waals surface area (Å²) in [7, 11) is 0. The van der Waals surface area contributed by atoms with Crippen molar-refractivity contribution >= 4 is 29.7 Å². The topological polar surface area (TPSA) is 41.6 Å². The molecule has 1 aromatic rings. The summed E-state index contributed by atoms with van der Waals surface area (Å²) < 4.78 is 6.26. The Morgan fingerprint density at radius 2 is 1.96 bits per heavy atom. The number of ether oxygens (including phenoxy) is 1. The van der Waals surface area contributed by atoms with Gasteiger partial charge in [-0.2, -0.15) is 0 Å². The lowest BCUT2D eigenvalue weighted by Crippen LogP contribution is -2.43. The predicted molar refractivity (Wildman–Crippen MR) is 102 cm³/mol. The lowest BCUT2D eigenvalue weighted by atomic mass is 9.86. The zero-order chi connectivity index (χ0) is 16.1. The summed E-state index contributed by atoms with van der Waals surface area (Å²) in [5, 5.41) is 3.43. The molecule has 1 N–H and O–H groups in total. The summed E-state index contributed by atoms with van der Waals surface area (Å²) in [4.78, 5) is 17.5. The van der Waals surface area contributed by atoms with Crippen molar-refractivity contribution < 1.29 is 9.53 Å². The molecule has 6 heteroatoms. The third-order valence-electron chi connectivity index (χ3n) is 6.61. The van der Waals surface area contributed by atoms with Crippen LogP contribution in [0, 0.1) is 11.8 Å². The quantitative estimate of drug-likeness (QED) is 0.811. The van der Waals surface area contributed by atoms with Gasteiger partial charge in [0.05, 0.1) is 11.5 Å². The van der Waals surface area contributed by atoms with Crippen LogP contribution < -0.4 is 5.32 Å². The van der Waals surface area contributed by atoms with Gasteiger partial charge >= 0.3 is 0 Å². The highest BCUT2D eigenvalue weighted by Crippen LogP contribution is 2.45. The van der Waals surface area contributed by atoms with E-state index < -0.39 is 0 Å². The number of rotatable bonds is 1. The molecular formula is C19H27ClN2O2S. The number of hydrogen-bond donors (Lipinski definition) is 1. The zero-order valence-corrected chi connectivity index (χ0v) is 16.2. The number of thiophene rings is 1. The van der Waals surface area contributed by atoms with E-state index in [9.17, 15) is 4.79 Å². The van der Waals surface area contributed by atoms with Crippen LogP contribution in [0.15, 0.2) is 6.07 Å². The number of nitrogens with zero attached hydrogens (tertiary/aromatic N) is 1. The van der Waals surface area contributed by atoms with Crippen LogP contribution in [0.1, 0.15) is 52.2 Å². The Morgan fingerprint density at radius 3 is 2.68 bits per heavy atom. The number of fused-ring (bicyclic) bond motifs is 3. The van der Waals surface area contributed by atoms with Crippen molar-refractivity contribution in [1.82, 2.24) is 10.2 Å². The molecule has 0 aromatic carbocycles. The normalized spacial score (nSPS) is 30.0. The molecule has 4 heterocycles. The van der Waals surface area contributed by atoms with E-state index in [-0.39, 0.29) is 23.9 Å². The van der Waals surface area contributed by atoms with Gasteiger partial charge in [-0.15, -0.1) is 23.7 Å². The fourth-order valence-corrected chi connectivity index (χ4v) is 6.66. The first-order valence-corrected chi connectivity index (χ1v) is 10.3. The Bertz CT molecular complexity index is 644. The molecule has 138 valence electrons. The van der Waals surface area contributed by atoms with Gasteiger partial charge in [0.25, 0.3) is 5.91 Å². The molecule has 5 rings (SSSR count). The van der Waals surface area contributed by atoms with E-state index in [2.05, 4.69) is 16.3 Å². The summed E-state index contributed by atoms with van der Waals surface area (Å²) in [6.45, 7) is 4.78. The highest BCUT2D eigenvalue weighted by molar-refractivity contribution is 7.14. The highest BCUT2D eigenvalue weighted by atomic mass is 35.5. The molecule has 2 atom stereocenters. The van der Waals surface area contributed by atoms with Crippen molar-refractivity contribution in [2.45, 2.75) is 44.1 Å². The lowest BCUT2D eigenvalue weighted by molar-refractivity contribution is -0.0771. The van der Waals surface area contributed by atoms with Crippen LogP contribution in [-0.4, -0.2) is 43.6 Å². The van der Waals surface area contributed by atoms with Crippen LogP contribution in [-0.2, 0) is 16.8 Å². The number of nitrogens with one attached hydrogen (secondary N) is 1. The van der Waals surface area contributed by atoms with E-state index in [4.69, 9.17) is 4.74 Å². The van der Waals surface area contributed by atoms with Gasteiger partial charge in [0, 0.05) is 18.0 Å². The predicted octanol–water partition coefficient (Wildman–Crippen LogP) is 3.19. The first-order chi connectivity index (χ1) is 11.8. The fourth-order valence-electron chi connectivity index (χ4n) is 5.29. The van der Waals surface area contributed by atoms with Crippen molar-refractivity contribution in [3.8, 4) is 0 Å². The van der Waals surface area contributed by atoms with Crippen molar-refractivity contribution in [3.05, 3.63) is 21.4 Å². The van der Waals surface area contributed by atoms with Gasteiger partial charge in [-0.1, -0.05) is 6.42 Å². The minimum absolute atomic E-state index is 0. The number of hydrogen-bond acceptors (Lipinski definition) is 4. The van der Waals surface area contributed by atoms with E-state index in [1.54, 1.807) is 11.3 Å². The number of amides is 1. The average molecular weight is 383 g/mol. The lowest BCUT2D eigenvalue weighted by Gasteiger charge is -2.40. The summed E-state index contributed by atoms with van der Waals surface area (Å²) in [6, 6.07) is 2.18. The minimum Gasteiger partial charge on any atom is -0.369 e. The maximum Gasteiger partial charge on any atom is 0.263 e. The van der Waals surface area contributed by atoms with Crippen LogP contribution in [0.5, 0.6) is 0 Å². The molecule has 1 aliphatic carbocycles. The molecule has 3 fully saturated rings. The summed E-state index contributed by atoms with van der Waals surface area (Å²) in [6.07, 6.45) is 7.01. The smallest absolute Gasteiger partial charge is 0.263 e. The second-order valence-electron chi connectivity index (χ2n) is 7.97. The first kappa shape index (κ1) is 17.8. The number of likely N-dealkylation sites (tertiary alicyclic amines) is 1. The SMILES string of the molecule is Cl.O=C(c1cc2c(s1)C1(CCNCC1)OCC2)N1C[C@H]2CCC[C@H]2C1. The van der Waals surface area contributed by atoms with Crippen molar-refractivity contribution in [1.29, 1.82) is 0 Å². The largest absolute Gasteiger partial charge is 0.369 e. The highest BCUT2D eigenvalue weighted by Gasteiger charge is 2.43. The fraction of sp³-hybridized carbons (Fsp3) is 0.737. The summed E-state index contributed by atoms with van der Waals surface area (Å²) in [5.41, 5.74) is 1.25. The third kappa shape index (κ3) is 2.93. The van der Waals surface area contributed by atoms with E-state index in [1.165, 1.54) is 29.7 Å². The molecule has 3 aliphatic heterocycles. The van der Waals surface area contributed by atoms with Gasteiger partial charge in [-0.25, -0.2) is 0 Å². The molecular weight excluding hydrogens is 356 g/mol. The molecule has 1 amide bonds. The van der Waals surface area contributed by atoms with Gasteiger partial charge < -0.3 is 15.0 Å². The second kappa shape index (κ2) is 6.84. The van der Waals surface area contributed by atoms with Gasteiger partial charge in [0.1, 0.15) is 5.60 Å². The maximum absolute atomic E-state index is 13.1. The molecule has 4 aliphatic rings. The van der Waals surface area contributed by atoms with Crippen LogP contribution >= 0.6 is 23.7 Å². The minimum atomic E-state index is -0.121. The van der Waals surface area contributed by atoms with Gasteiger partial charge in [0.15, 0.2) is 0 Å². The Labute approximate surface area is 159 Å². The van der Waals surface area contributed by atoms with Crippen molar-refractivity contribution in [2.24, 2.45) is 11.8 Å². The Hall–Kier alpha value is -0.620. The summed E-state index contributed by atoms with van der Waals surface area (Å²) in [5.74, 6) is 1.80. The molecule has 25 heavy (non-hydrogen) atoms. The molecule has 0 bridgehead atoms. The van der Waals surface area contributed by atoms with Crippen molar-refractivity contribution in [2.75, 3.05) is 32.8 Å². The number of carbonyl (C=O) groups excluding carboxylic acids is 1. The molecule has 1 spiro atoms. The van der Waals surface area contributed by atoms with Gasteiger partial charge in [0.2, 0.25) is 0 Å². The summed E-state index contributed by atoms with van der Waals surface area (Å²) >= 11 is 1.72. The number of carbonyl (C=O) groups is 1. The monoisotopic (exact) mass is 382 g/mol. The van der Waals surface area contributed by atoms with E-state index >= 15 is 0 Å². The van der Waals surface area contributed by atoms with Crippen LogP contribution in [0.3, 0.4) is 0 Å². The molecule has 1 saturated carbocycles.